The maximum absolute atomic E-state index is 12.7. The number of aromatic nitrogens is 2. The molecule has 2 heterocycles. The molecule has 0 spiro atoms. The van der Waals surface area contributed by atoms with Crippen LogP contribution in [0.15, 0.2) is 29.1 Å². The zero-order chi connectivity index (χ0) is 18.2. The van der Waals surface area contributed by atoms with E-state index in [1.807, 2.05) is 0 Å². The van der Waals surface area contributed by atoms with Crippen LogP contribution < -0.4 is 16.2 Å². The number of nitrogens with two attached hydrogens (primary N) is 1. The van der Waals surface area contributed by atoms with Crippen molar-refractivity contribution in [2.75, 3.05) is 18.0 Å². The Balaban J connectivity index is 1.94. The van der Waals surface area contributed by atoms with E-state index in [1.165, 1.54) is 4.57 Å². The predicted molar refractivity (Wildman–Crippen MR) is 103 cm³/mol. The average Bonchev–Trinajstić information content (AvgIpc) is 2.58. The summed E-state index contributed by atoms with van der Waals surface area (Å²) in [4.78, 5) is 19.5. The van der Waals surface area contributed by atoms with Gasteiger partial charge in [0.25, 0.3) is 5.56 Å². The van der Waals surface area contributed by atoms with E-state index in [2.05, 4.69) is 16.8 Å². The lowest BCUT2D eigenvalue weighted by Crippen LogP contribution is -2.50. The Labute approximate surface area is 157 Å². The van der Waals surface area contributed by atoms with Crippen molar-refractivity contribution < 1.29 is 0 Å². The number of anilines is 1. The molecule has 7 heteroatoms. The van der Waals surface area contributed by atoms with Crippen molar-refractivity contribution in [3.05, 3.63) is 50.5 Å². The normalized spacial score (nSPS) is 16.9. The Bertz CT molecular complexity index is 841. The summed E-state index contributed by atoms with van der Waals surface area (Å²) >= 11 is 12.3. The van der Waals surface area contributed by atoms with Gasteiger partial charge in [0.2, 0.25) is 0 Å². The molecule has 1 aromatic heterocycles. The Morgan fingerprint density at radius 2 is 1.96 bits per heavy atom. The first-order chi connectivity index (χ1) is 11.8. The number of aryl methyl sites for hydroxylation is 1. The summed E-state index contributed by atoms with van der Waals surface area (Å²) in [7, 11) is 0. The van der Waals surface area contributed by atoms with Gasteiger partial charge in [-0.25, -0.2) is 4.98 Å². The predicted octanol–water partition coefficient (Wildman–Crippen LogP) is 3.56. The molecule has 0 atom stereocenters. The van der Waals surface area contributed by atoms with Crippen LogP contribution >= 0.6 is 23.2 Å². The van der Waals surface area contributed by atoms with Crippen LogP contribution in [0.25, 0.3) is 5.69 Å². The summed E-state index contributed by atoms with van der Waals surface area (Å²) in [5.41, 5.74) is 6.62. The maximum atomic E-state index is 12.7. The lowest BCUT2D eigenvalue weighted by atomic mass is 9.86. The highest BCUT2D eigenvalue weighted by Crippen LogP contribution is 2.29. The molecule has 2 N–H and O–H groups in total. The van der Waals surface area contributed by atoms with Crippen LogP contribution in [0.5, 0.6) is 0 Å². The van der Waals surface area contributed by atoms with Crippen molar-refractivity contribution >= 4 is 29.0 Å². The van der Waals surface area contributed by atoms with Crippen LogP contribution in [0.1, 0.15) is 32.0 Å². The molecular weight excluding hydrogens is 359 g/mol. The fourth-order valence-corrected chi connectivity index (χ4v) is 3.62. The molecular formula is C18H22Cl2N4O. The zero-order valence-corrected chi connectivity index (χ0v) is 15.9. The minimum Gasteiger partial charge on any atom is -0.356 e. The maximum Gasteiger partial charge on any atom is 0.260 e. The van der Waals surface area contributed by atoms with Gasteiger partial charge >= 0.3 is 0 Å². The van der Waals surface area contributed by atoms with Crippen molar-refractivity contribution in [2.45, 2.75) is 38.6 Å². The van der Waals surface area contributed by atoms with Crippen LogP contribution in [-0.2, 0) is 0 Å². The van der Waals surface area contributed by atoms with Crippen LogP contribution in [0.2, 0.25) is 10.0 Å². The molecule has 1 saturated heterocycles. The zero-order valence-electron chi connectivity index (χ0n) is 14.4. The summed E-state index contributed by atoms with van der Waals surface area (Å²) in [5.74, 6) is 1.27. The third-order valence-electron chi connectivity index (χ3n) is 5.03. The minimum absolute atomic E-state index is 0.102. The number of hydrogen-bond acceptors (Lipinski definition) is 4. The molecule has 0 aliphatic carbocycles. The minimum atomic E-state index is -0.174. The molecule has 1 aliphatic heterocycles. The number of nitrogens with zero attached hydrogens (tertiary/aromatic N) is 3. The lowest BCUT2D eigenvalue weighted by Gasteiger charge is -2.39. The molecule has 0 saturated carbocycles. The highest BCUT2D eigenvalue weighted by atomic mass is 35.5. The van der Waals surface area contributed by atoms with Crippen molar-refractivity contribution in [3.63, 3.8) is 0 Å². The van der Waals surface area contributed by atoms with Crippen molar-refractivity contribution in [3.8, 4) is 5.69 Å². The molecule has 0 radical (unpaired) electrons. The second-order valence-electron chi connectivity index (χ2n) is 6.61. The molecule has 2 aromatic rings. The van der Waals surface area contributed by atoms with Gasteiger partial charge in [-0.05, 0) is 38.3 Å². The topological polar surface area (TPSA) is 64.2 Å². The first-order valence-electron chi connectivity index (χ1n) is 8.43. The molecule has 1 aromatic carbocycles. The van der Waals surface area contributed by atoms with E-state index in [4.69, 9.17) is 28.9 Å². The summed E-state index contributed by atoms with van der Waals surface area (Å²) in [6, 6.07) is 6.77. The van der Waals surface area contributed by atoms with Crippen LogP contribution in [0.3, 0.4) is 0 Å². The quantitative estimate of drug-likeness (QED) is 0.883. The van der Waals surface area contributed by atoms with Gasteiger partial charge in [-0.15, -0.1) is 0 Å². The number of piperidine rings is 1. The molecule has 25 heavy (non-hydrogen) atoms. The van der Waals surface area contributed by atoms with E-state index in [1.54, 1.807) is 31.2 Å². The van der Waals surface area contributed by atoms with Gasteiger partial charge in [-0.1, -0.05) is 36.2 Å². The third-order valence-corrected chi connectivity index (χ3v) is 5.84. The van der Waals surface area contributed by atoms with Gasteiger partial charge in [0.05, 0.1) is 15.7 Å². The van der Waals surface area contributed by atoms with Gasteiger partial charge in [0.15, 0.2) is 0 Å². The lowest BCUT2D eigenvalue weighted by molar-refractivity contribution is 0.322. The van der Waals surface area contributed by atoms with Gasteiger partial charge in [0, 0.05) is 24.7 Å². The van der Waals surface area contributed by atoms with E-state index in [0.717, 1.165) is 32.4 Å². The Hall–Kier alpha value is -1.56. The van der Waals surface area contributed by atoms with Crippen LogP contribution in [0.4, 0.5) is 5.82 Å². The first-order valence-corrected chi connectivity index (χ1v) is 9.19. The molecule has 0 bridgehead atoms. The number of hydrogen-bond donors (Lipinski definition) is 1. The molecule has 134 valence electrons. The Kier molecular flexibility index (Phi) is 5.09. The Morgan fingerprint density at radius 3 is 2.56 bits per heavy atom. The van der Waals surface area contributed by atoms with Crippen molar-refractivity contribution in [2.24, 2.45) is 5.73 Å². The molecule has 1 aliphatic rings. The fourth-order valence-electron chi connectivity index (χ4n) is 3.24. The highest BCUT2D eigenvalue weighted by molar-refractivity contribution is 6.43. The molecule has 1 fully saturated rings. The Morgan fingerprint density at radius 1 is 1.28 bits per heavy atom. The largest absolute Gasteiger partial charge is 0.356 e. The van der Waals surface area contributed by atoms with Crippen molar-refractivity contribution in [1.29, 1.82) is 0 Å². The second kappa shape index (κ2) is 6.98. The molecule has 5 nitrogen and oxygen atoms in total. The standard InChI is InChI=1S/C18H22Cl2N4O/c1-3-18(21)7-9-23(10-8-18)15-11-16(25)24(12(2)22-15)14-6-4-5-13(19)17(14)20/h4-6,11H,3,7-10,21H2,1-2H3. The first kappa shape index (κ1) is 18.2. The number of halogens is 2. The van der Waals surface area contributed by atoms with Gasteiger partial charge in [-0.3, -0.25) is 9.36 Å². The van der Waals surface area contributed by atoms with E-state index in [-0.39, 0.29) is 11.1 Å². The third kappa shape index (κ3) is 3.54. The van der Waals surface area contributed by atoms with Crippen molar-refractivity contribution in [1.82, 2.24) is 9.55 Å². The monoisotopic (exact) mass is 380 g/mol. The smallest absolute Gasteiger partial charge is 0.260 e. The van der Waals surface area contributed by atoms with E-state index in [0.29, 0.717) is 27.4 Å². The second-order valence-corrected chi connectivity index (χ2v) is 7.40. The van der Waals surface area contributed by atoms with Gasteiger partial charge < -0.3 is 10.6 Å². The molecule has 0 unspecified atom stereocenters. The van der Waals surface area contributed by atoms with Gasteiger partial charge in [0.1, 0.15) is 11.6 Å². The average molecular weight is 381 g/mol. The highest BCUT2D eigenvalue weighted by Gasteiger charge is 2.29. The van der Waals surface area contributed by atoms with E-state index < -0.39 is 0 Å². The van der Waals surface area contributed by atoms with E-state index >= 15 is 0 Å². The molecule has 0 amide bonds. The van der Waals surface area contributed by atoms with Crippen LogP contribution in [-0.4, -0.2) is 28.2 Å². The van der Waals surface area contributed by atoms with Crippen LogP contribution in [0, 0.1) is 6.92 Å². The summed E-state index contributed by atoms with van der Waals surface area (Å²) in [6.45, 7) is 5.52. The fraction of sp³-hybridized carbons (Fsp3) is 0.444. The summed E-state index contributed by atoms with van der Waals surface area (Å²) < 4.78 is 1.49. The molecule has 3 rings (SSSR count). The van der Waals surface area contributed by atoms with Gasteiger partial charge in [-0.2, -0.15) is 0 Å². The number of benzene rings is 1. The summed E-state index contributed by atoms with van der Waals surface area (Å²) in [5, 5.41) is 0.752. The number of rotatable bonds is 3. The van der Waals surface area contributed by atoms with E-state index in [9.17, 15) is 4.79 Å². The SMILES string of the molecule is CCC1(N)CCN(c2cc(=O)n(-c3cccc(Cl)c3Cl)c(C)n2)CC1. The summed E-state index contributed by atoms with van der Waals surface area (Å²) in [6.07, 6.45) is 2.75.